The van der Waals surface area contributed by atoms with Crippen LogP contribution in [0, 0.1) is 0 Å². The minimum atomic E-state index is 0.791. The number of benzene rings is 2. The monoisotopic (exact) mass is 358 g/mol. The zero-order valence-electron chi connectivity index (χ0n) is 11.4. The molecule has 0 aliphatic carbocycles. The average Bonchev–Trinajstić information content (AvgIpc) is 2.99. The van der Waals surface area contributed by atoms with Crippen LogP contribution in [0.1, 0.15) is 10.6 Å². The van der Waals surface area contributed by atoms with Crippen molar-refractivity contribution in [3.63, 3.8) is 0 Å². The van der Waals surface area contributed by atoms with Crippen LogP contribution in [0.4, 0.5) is 0 Å². The van der Waals surface area contributed by atoms with Crippen LogP contribution < -0.4 is 5.32 Å². The first-order valence-corrected chi connectivity index (χ1v) is 8.44. The number of aromatic nitrogens is 1. The van der Waals surface area contributed by atoms with E-state index in [4.69, 9.17) is 0 Å². The molecule has 0 fully saturated rings. The standard InChI is InChI=1S/C17H15BrN2S/c18-15-9-5-4-8-14(15)10-19-11-17-20-16(12-21-17)13-6-2-1-3-7-13/h1-9,12,19H,10-11H2. The maximum absolute atomic E-state index is 4.68. The second-order valence-corrected chi connectivity index (χ2v) is 6.48. The van der Waals surface area contributed by atoms with E-state index in [0.29, 0.717) is 0 Å². The van der Waals surface area contributed by atoms with Crippen molar-refractivity contribution < 1.29 is 0 Å². The average molecular weight is 359 g/mol. The summed E-state index contributed by atoms with van der Waals surface area (Å²) in [5.74, 6) is 0. The van der Waals surface area contributed by atoms with E-state index in [-0.39, 0.29) is 0 Å². The van der Waals surface area contributed by atoms with Gasteiger partial charge in [0.1, 0.15) is 5.01 Å². The minimum Gasteiger partial charge on any atom is -0.306 e. The lowest BCUT2D eigenvalue weighted by Gasteiger charge is -2.05. The molecule has 2 nitrogen and oxygen atoms in total. The van der Waals surface area contributed by atoms with Crippen molar-refractivity contribution in [1.82, 2.24) is 10.3 Å². The molecule has 1 heterocycles. The van der Waals surface area contributed by atoms with Gasteiger partial charge < -0.3 is 5.32 Å². The SMILES string of the molecule is Brc1ccccc1CNCc1nc(-c2ccccc2)cs1. The van der Waals surface area contributed by atoms with Crippen LogP contribution in [0.3, 0.4) is 0 Å². The van der Waals surface area contributed by atoms with Gasteiger partial charge in [0, 0.05) is 28.5 Å². The van der Waals surface area contributed by atoms with Gasteiger partial charge in [-0.05, 0) is 11.6 Å². The summed E-state index contributed by atoms with van der Waals surface area (Å²) in [5.41, 5.74) is 3.49. The molecule has 0 radical (unpaired) electrons. The molecule has 1 aromatic heterocycles. The topological polar surface area (TPSA) is 24.9 Å². The lowest BCUT2D eigenvalue weighted by atomic mass is 10.2. The summed E-state index contributed by atoms with van der Waals surface area (Å²) in [6.45, 7) is 1.63. The minimum absolute atomic E-state index is 0.791. The van der Waals surface area contributed by atoms with Crippen molar-refractivity contribution in [2.75, 3.05) is 0 Å². The largest absolute Gasteiger partial charge is 0.306 e. The van der Waals surface area contributed by atoms with Crippen molar-refractivity contribution in [2.45, 2.75) is 13.1 Å². The number of thiazole rings is 1. The number of hydrogen-bond donors (Lipinski definition) is 1. The third kappa shape index (κ3) is 3.79. The summed E-state index contributed by atoms with van der Waals surface area (Å²) in [7, 11) is 0. The zero-order valence-corrected chi connectivity index (χ0v) is 13.8. The lowest BCUT2D eigenvalue weighted by Crippen LogP contribution is -2.12. The van der Waals surface area contributed by atoms with Gasteiger partial charge in [0.2, 0.25) is 0 Å². The highest BCUT2D eigenvalue weighted by atomic mass is 79.9. The Morgan fingerprint density at radius 3 is 2.52 bits per heavy atom. The van der Waals surface area contributed by atoms with Crippen LogP contribution >= 0.6 is 27.3 Å². The fourth-order valence-electron chi connectivity index (χ4n) is 2.08. The molecular formula is C17H15BrN2S. The summed E-state index contributed by atoms with van der Waals surface area (Å²) in [6, 6.07) is 18.6. The molecule has 0 aliphatic rings. The fourth-order valence-corrected chi connectivity index (χ4v) is 3.28. The molecular weight excluding hydrogens is 344 g/mol. The highest BCUT2D eigenvalue weighted by Crippen LogP contribution is 2.21. The Morgan fingerprint density at radius 2 is 1.71 bits per heavy atom. The molecule has 0 amide bonds. The van der Waals surface area contributed by atoms with Gasteiger partial charge in [0.15, 0.2) is 0 Å². The van der Waals surface area contributed by atoms with Gasteiger partial charge in [-0.2, -0.15) is 0 Å². The predicted octanol–water partition coefficient (Wildman–Crippen LogP) is 4.86. The first-order valence-electron chi connectivity index (χ1n) is 6.77. The summed E-state index contributed by atoms with van der Waals surface area (Å²) >= 11 is 5.26. The normalized spacial score (nSPS) is 10.7. The van der Waals surface area contributed by atoms with E-state index in [9.17, 15) is 0 Å². The van der Waals surface area contributed by atoms with Crippen molar-refractivity contribution in [3.05, 3.63) is 75.0 Å². The molecule has 0 bridgehead atoms. The molecule has 3 aromatic rings. The fraction of sp³-hybridized carbons (Fsp3) is 0.118. The van der Waals surface area contributed by atoms with Crippen LogP contribution in [0.15, 0.2) is 64.5 Å². The molecule has 0 unspecified atom stereocenters. The number of hydrogen-bond acceptors (Lipinski definition) is 3. The number of rotatable bonds is 5. The van der Waals surface area contributed by atoms with Crippen LogP contribution in [-0.4, -0.2) is 4.98 Å². The smallest absolute Gasteiger partial charge is 0.107 e. The Balaban J connectivity index is 1.60. The van der Waals surface area contributed by atoms with Crippen molar-refractivity contribution in [3.8, 4) is 11.3 Å². The summed E-state index contributed by atoms with van der Waals surface area (Å²) < 4.78 is 1.14. The molecule has 3 rings (SSSR count). The first kappa shape index (κ1) is 14.4. The molecule has 21 heavy (non-hydrogen) atoms. The van der Waals surface area contributed by atoms with Gasteiger partial charge in [0.05, 0.1) is 5.69 Å². The Bertz CT molecular complexity index is 710. The van der Waals surface area contributed by atoms with E-state index in [1.807, 2.05) is 24.3 Å². The van der Waals surface area contributed by atoms with Gasteiger partial charge in [-0.25, -0.2) is 4.98 Å². The zero-order chi connectivity index (χ0) is 14.5. The molecule has 4 heteroatoms. The lowest BCUT2D eigenvalue weighted by molar-refractivity contribution is 0.688. The van der Waals surface area contributed by atoms with E-state index >= 15 is 0 Å². The molecule has 0 saturated heterocycles. The molecule has 2 aromatic carbocycles. The Morgan fingerprint density at radius 1 is 0.952 bits per heavy atom. The third-order valence-corrected chi connectivity index (χ3v) is 4.79. The quantitative estimate of drug-likeness (QED) is 0.704. The van der Waals surface area contributed by atoms with E-state index in [1.54, 1.807) is 11.3 Å². The second-order valence-electron chi connectivity index (χ2n) is 4.69. The van der Waals surface area contributed by atoms with E-state index in [1.165, 1.54) is 11.1 Å². The molecule has 0 spiro atoms. The van der Waals surface area contributed by atoms with Gasteiger partial charge in [0.25, 0.3) is 0 Å². The number of nitrogens with zero attached hydrogens (tertiary/aromatic N) is 1. The highest BCUT2D eigenvalue weighted by molar-refractivity contribution is 9.10. The van der Waals surface area contributed by atoms with E-state index < -0.39 is 0 Å². The summed E-state index contributed by atoms with van der Waals surface area (Å²) in [5, 5.41) is 6.67. The third-order valence-electron chi connectivity index (χ3n) is 3.17. The van der Waals surface area contributed by atoms with Crippen LogP contribution in [0.25, 0.3) is 11.3 Å². The maximum Gasteiger partial charge on any atom is 0.107 e. The van der Waals surface area contributed by atoms with Gasteiger partial charge in [-0.3, -0.25) is 0 Å². The Kier molecular flexibility index (Phi) is 4.80. The molecule has 1 N–H and O–H groups in total. The van der Waals surface area contributed by atoms with Crippen LogP contribution in [0.2, 0.25) is 0 Å². The second kappa shape index (κ2) is 6.98. The van der Waals surface area contributed by atoms with Gasteiger partial charge >= 0.3 is 0 Å². The molecule has 0 aliphatic heterocycles. The summed E-state index contributed by atoms with van der Waals surface area (Å²) in [6.07, 6.45) is 0. The maximum atomic E-state index is 4.68. The van der Waals surface area contributed by atoms with Crippen molar-refractivity contribution >= 4 is 27.3 Å². The predicted molar refractivity (Wildman–Crippen MR) is 92.2 cm³/mol. The van der Waals surface area contributed by atoms with Crippen LogP contribution in [0.5, 0.6) is 0 Å². The van der Waals surface area contributed by atoms with Crippen molar-refractivity contribution in [1.29, 1.82) is 0 Å². The van der Waals surface area contributed by atoms with E-state index in [0.717, 1.165) is 28.3 Å². The van der Waals surface area contributed by atoms with Gasteiger partial charge in [-0.1, -0.05) is 64.5 Å². The molecule has 106 valence electrons. The number of halogens is 1. The Hall–Kier alpha value is -1.49. The van der Waals surface area contributed by atoms with Gasteiger partial charge in [-0.15, -0.1) is 11.3 Å². The summed E-state index contributed by atoms with van der Waals surface area (Å²) in [4.78, 5) is 4.68. The number of nitrogens with one attached hydrogen (secondary N) is 1. The first-order chi connectivity index (χ1) is 10.3. The van der Waals surface area contributed by atoms with E-state index in [2.05, 4.69) is 61.9 Å². The van der Waals surface area contributed by atoms with Crippen LogP contribution in [-0.2, 0) is 13.1 Å². The Labute approximate surface area is 137 Å². The molecule has 0 atom stereocenters. The highest BCUT2D eigenvalue weighted by Gasteiger charge is 2.04. The van der Waals surface area contributed by atoms with Crippen molar-refractivity contribution in [2.24, 2.45) is 0 Å². The molecule has 0 saturated carbocycles.